The van der Waals surface area contributed by atoms with E-state index in [9.17, 15) is 14.6 Å². The number of fused-ring (bicyclic) bond motifs is 6. The Morgan fingerprint density at radius 1 is 0.979 bits per heavy atom. The molecule has 0 aliphatic carbocycles. The summed E-state index contributed by atoms with van der Waals surface area (Å²) >= 11 is 8.92. The first-order chi connectivity index (χ1) is 23.1. The summed E-state index contributed by atoms with van der Waals surface area (Å²) in [5, 5.41) is 16.3. The lowest BCUT2D eigenvalue weighted by Crippen LogP contribution is -2.34. The molecule has 256 valence electrons. The van der Waals surface area contributed by atoms with Gasteiger partial charge in [0.1, 0.15) is 43.2 Å². The first-order valence-corrected chi connectivity index (χ1v) is 19.2. The normalized spacial score (nSPS) is 33.8. The third kappa shape index (κ3) is 6.42. The van der Waals surface area contributed by atoms with E-state index in [0.717, 1.165) is 0 Å². The molecule has 2 fully saturated rings. The van der Waals surface area contributed by atoms with Gasteiger partial charge in [-0.3, -0.25) is 13.7 Å². The van der Waals surface area contributed by atoms with Crippen LogP contribution in [-0.2, 0) is 39.4 Å². The van der Waals surface area contributed by atoms with Crippen molar-refractivity contribution in [1.29, 1.82) is 0 Å². The number of ether oxygens (including phenoxy) is 2. The second kappa shape index (κ2) is 13.8. The minimum Gasteiger partial charge on any atom is -0.394 e. The van der Waals surface area contributed by atoms with Crippen molar-refractivity contribution in [2.75, 3.05) is 36.9 Å². The van der Waals surface area contributed by atoms with E-state index in [1.165, 1.54) is 34.4 Å². The molecule has 12 bridgehead atoms. The van der Waals surface area contributed by atoms with Crippen LogP contribution in [-0.4, -0.2) is 112 Å². The largest absolute Gasteiger partial charge is 0.582 e. The number of nitrogens with zero attached hydrogens (tertiary/aromatic N) is 8. The molecular formula is C24H27F2N10O8P2S2+. The van der Waals surface area contributed by atoms with Crippen LogP contribution in [0.25, 0.3) is 22.3 Å². The van der Waals surface area contributed by atoms with Crippen molar-refractivity contribution in [2.45, 2.75) is 49.2 Å². The quantitative estimate of drug-likeness (QED) is 0.115. The number of imidazole rings is 2. The van der Waals surface area contributed by atoms with Crippen molar-refractivity contribution in [3.8, 4) is 0 Å². The van der Waals surface area contributed by atoms with Gasteiger partial charge in [-0.25, -0.2) is 38.7 Å². The molecule has 2 saturated heterocycles. The number of aliphatic hydroxyl groups is 1. The van der Waals surface area contributed by atoms with Gasteiger partial charge in [-0.2, -0.15) is 0 Å². The Bertz CT molecular complexity index is 1910. The van der Waals surface area contributed by atoms with E-state index in [0.29, 0.717) is 35.8 Å². The van der Waals surface area contributed by atoms with Crippen LogP contribution in [0.4, 0.5) is 20.4 Å². The van der Waals surface area contributed by atoms with Crippen LogP contribution in [0, 0.1) is 0 Å². The lowest BCUT2D eigenvalue weighted by atomic mass is 10.1. The summed E-state index contributed by atoms with van der Waals surface area (Å²) in [5.74, 6) is 0.747. The topological polar surface area (TPSA) is 215 Å². The van der Waals surface area contributed by atoms with Gasteiger partial charge < -0.3 is 34.6 Å². The zero-order valence-corrected chi connectivity index (χ0v) is 27.8. The van der Waals surface area contributed by atoms with Crippen molar-refractivity contribution >= 4 is 72.0 Å². The fourth-order valence-corrected chi connectivity index (χ4v) is 7.86. The molecule has 48 heavy (non-hydrogen) atoms. The summed E-state index contributed by atoms with van der Waals surface area (Å²) < 4.78 is 74.4. The number of hydrogen-bond donors (Lipinski definition) is 5. The highest BCUT2D eigenvalue weighted by atomic mass is 32.7. The van der Waals surface area contributed by atoms with Crippen LogP contribution < -0.4 is 10.6 Å². The molecule has 18 nitrogen and oxygen atoms in total. The number of hydrogen-bond acceptors (Lipinski definition) is 16. The van der Waals surface area contributed by atoms with E-state index in [-0.39, 0.29) is 11.3 Å². The SMILES string of the molecule is O=[P+](S)O[C@H]1[C@@H](F)[C@H]2O[C@@H]1COP(O)(=S)O[C@H]1[C@@H](F)[C@@H](O[C@@H]1CO)n1cnc3c(ncnc31)NC/C=C/CNc1ncnc3c1ncn32. The summed E-state index contributed by atoms with van der Waals surface area (Å²) in [4.78, 5) is 36.6. The second-order valence-corrected chi connectivity index (χ2v) is 15.1. The predicted molar refractivity (Wildman–Crippen MR) is 170 cm³/mol. The number of aromatic nitrogens is 8. The molecule has 0 saturated carbocycles. The Balaban J connectivity index is 1.23. The van der Waals surface area contributed by atoms with Crippen LogP contribution in [0.15, 0.2) is 37.5 Å². The molecule has 3 aliphatic rings. The molecule has 4 aromatic heterocycles. The number of anilines is 2. The molecule has 0 amide bonds. The highest BCUT2D eigenvalue weighted by Crippen LogP contribution is 2.51. The van der Waals surface area contributed by atoms with Gasteiger partial charge in [0.2, 0.25) is 0 Å². The Kier molecular flexibility index (Phi) is 9.66. The monoisotopic (exact) mass is 747 g/mol. The molecule has 3 aliphatic heterocycles. The summed E-state index contributed by atoms with van der Waals surface area (Å²) in [7, 11) is -2.61. The van der Waals surface area contributed by atoms with Gasteiger partial charge in [0.25, 0.3) is 0 Å². The molecule has 2 unspecified atom stereocenters. The maximum absolute atomic E-state index is 16.0. The molecule has 7 heterocycles. The average molecular weight is 748 g/mol. The molecule has 4 N–H and O–H groups in total. The Labute approximate surface area is 280 Å². The first-order valence-electron chi connectivity index (χ1n) is 14.3. The molecule has 10 atom stereocenters. The molecule has 0 spiro atoms. The smallest absolute Gasteiger partial charge is 0.394 e. The summed E-state index contributed by atoms with van der Waals surface area (Å²) in [6.07, 6.45) is -3.56. The molecular weight excluding hydrogens is 720 g/mol. The van der Waals surface area contributed by atoms with E-state index in [4.69, 9.17) is 34.9 Å². The van der Waals surface area contributed by atoms with Gasteiger partial charge >= 0.3 is 13.9 Å². The highest BCUT2D eigenvalue weighted by molar-refractivity contribution is 8.39. The highest BCUT2D eigenvalue weighted by Gasteiger charge is 2.53. The number of rotatable bonds is 3. The van der Waals surface area contributed by atoms with Gasteiger partial charge in [-0.05, 0) is 16.4 Å². The van der Waals surface area contributed by atoms with Crippen molar-refractivity contribution in [3.05, 3.63) is 37.5 Å². The van der Waals surface area contributed by atoms with E-state index >= 15 is 8.78 Å². The molecule has 0 aromatic carbocycles. The number of thiol groups is 1. The van der Waals surface area contributed by atoms with E-state index in [1.54, 1.807) is 0 Å². The Morgan fingerprint density at radius 3 is 2.12 bits per heavy atom. The molecule has 0 radical (unpaired) electrons. The number of halogens is 2. The molecule has 24 heteroatoms. The van der Waals surface area contributed by atoms with Crippen LogP contribution in [0.3, 0.4) is 0 Å². The Morgan fingerprint density at radius 2 is 1.56 bits per heavy atom. The lowest BCUT2D eigenvalue weighted by molar-refractivity contribution is -0.0506. The maximum atomic E-state index is 16.0. The summed E-state index contributed by atoms with van der Waals surface area (Å²) in [5.41, 5.74) is 1.10. The van der Waals surface area contributed by atoms with Crippen LogP contribution >= 0.6 is 26.2 Å². The van der Waals surface area contributed by atoms with Crippen molar-refractivity contribution < 1.29 is 46.4 Å². The Hall–Kier alpha value is -2.88. The van der Waals surface area contributed by atoms with Crippen LogP contribution in [0.2, 0.25) is 0 Å². The fraction of sp³-hybridized carbons (Fsp3) is 0.500. The number of aliphatic hydroxyl groups excluding tert-OH is 1. The second-order valence-electron chi connectivity index (χ2n) is 10.7. The third-order valence-corrected chi connectivity index (χ3v) is 10.1. The fourth-order valence-electron chi connectivity index (χ4n) is 5.64. The lowest BCUT2D eigenvalue weighted by Gasteiger charge is -2.25. The van der Waals surface area contributed by atoms with Gasteiger partial charge in [-0.1, -0.05) is 12.2 Å². The maximum Gasteiger partial charge on any atom is 0.582 e. The van der Waals surface area contributed by atoms with Gasteiger partial charge in [0.15, 0.2) is 64.9 Å². The zero-order valence-electron chi connectivity index (χ0n) is 24.3. The summed E-state index contributed by atoms with van der Waals surface area (Å²) in [6, 6.07) is 0. The zero-order chi connectivity index (χ0) is 33.6. The first kappa shape index (κ1) is 33.6. The average Bonchev–Trinajstić information content (AvgIpc) is 3.82. The minimum atomic E-state index is -4.32. The summed E-state index contributed by atoms with van der Waals surface area (Å²) in [6.45, 7) is -4.96. The van der Waals surface area contributed by atoms with Crippen molar-refractivity contribution in [1.82, 2.24) is 39.0 Å². The predicted octanol–water partition coefficient (Wildman–Crippen LogP) is 2.11. The van der Waals surface area contributed by atoms with Crippen molar-refractivity contribution in [3.63, 3.8) is 0 Å². The van der Waals surface area contributed by atoms with Gasteiger partial charge in [0, 0.05) is 13.1 Å². The molecule has 4 aromatic rings. The van der Waals surface area contributed by atoms with Crippen molar-refractivity contribution in [2.24, 2.45) is 0 Å². The van der Waals surface area contributed by atoms with Gasteiger partial charge in [0.05, 0.1) is 25.9 Å². The molecule has 7 rings (SSSR count). The third-order valence-electron chi connectivity index (χ3n) is 7.79. The number of nitrogens with one attached hydrogen (secondary N) is 2. The van der Waals surface area contributed by atoms with Crippen LogP contribution in [0.5, 0.6) is 0 Å². The minimum absolute atomic E-state index is 0.221. The number of alkyl halides is 2. The standard InChI is InChI=1S/C24H26F2N10O8P2S2/c25-13-17(43-45(38)47)12-6-40-46(39,48)44-18-11(5-37)41-24(14(18)26)36-10-34-16-20(30-8-32-22(16)36)28-4-2-1-3-27-19-15-21(31-7-29-19)35(9-33-15)23(13)42-12/h1-2,7-14,17-18,23-24,37H,3-6H2,(H3-,27,28,29,30,31,32,38,39,47,48)/p+1/b2-1+/t11-,12-,13-,14-,17-,18-,23-,24-,46?/m1/s1. The van der Waals surface area contributed by atoms with Crippen LogP contribution in [0.1, 0.15) is 12.5 Å². The van der Waals surface area contributed by atoms with E-state index in [2.05, 4.69) is 52.8 Å². The van der Waals surface area contributed by atoms with E-state index < -0.39 is 76.4 Å². The van der Waals surface area contributed by atoms with Gasteiger partial charge in [-0.15, -0.1) is 4.52 Å². The van der Waals surface area contributed by atoms with E-state index in [1.807, 2.05) is 12.2 Å².